The Morgan fingerprint density at radius 1 is 1.43 bits per heavy atom. The Kier molecular flexibility index (Phi) is 5.07. The zero-order chi connectivity index (χ0) is 15.1. The highest BCUT2D eigenvalue weighted by Crippen LogP contribution is 2.04. The molecular formula is C15H15N3O3. The zero-order valence-electron chi connectivity index (χ0n) is 11.6. The molecule has 21 heavy (non-hydrogen) atoms. The maximum atomic E-state index is 12.0. The normalized spacial score (nSPS) is 9.81. The average Bonchev–Trinajstić information content (AvgIpc) is 2.91. The van der Waals surface area contributed by atoms with Gasteiger partial charge in [0, 0.05) is 30.4 Å². The SMILES string of the molecule is Cc1cc(CNC(=O)c2cncc(C#CCCO)c2)on1. The molecule has 2 aromatic heterocycles. The van der Waals surface area contributed by atoms with Crippen LogP contribution in [-0.2, 0) is 6.54 Å². The van der Waals surface area contributed by atoms with Crippen LogP contribution in [0.4, 0.5) is 0 Å². The molecule has 0 atom stereocenters. The molecule has 1 amide bonds. The van der Waals surface area contributed by atoms with Crippen molar-refractivity contribution in [1.29, 1.82) is 0 Å². The molecule has 2 aromatic rings. The van der Waals surface area contributed by atoms with E-state index in [4.69, 9.17) is 9.63 Å². The molecule has 0 aliphatic rings. The van der Waals surface area contributed by atoms with E-state index in [2.05, 4.69) is 27.3 Å². The second-order valence-corrected chi connectivity index (χ2v) is 4.35. The van der Waals surface area contributed by atoms with Crippen LogP contribution in [0.1, 0.15) is 33.8 Å². The first-order chi connectivity index (χ1) is 10.2. The van der Waals surface area contributed by atoms with Crippen LogP contribution in [0.3, 0.4) is 0 Å². The Bertz CT molecular complexity index is 683. The number of aryl methyl sites for hydroxylation is 1. The third kappa shape index (κ3) is 4.44. The highest BCUT2D eigenvalue weighted by Gasteiger charge is 2.08. The second kappa shape index (κ2) is 7.22. The van der Waals surface area contributed by atoms with Gasteiger partial charge in [0.2, 0.25) is 0 Å². The Morgan fingerprint density at radius 3 is 3.00 bits per heavy atom. The lowest BCUT2D eigenvalue weighted by atomic mass is 10.2. The number of rotatable bonds is 4. The van der Waals surface area contributed by atoms with Crippen LogP contribution in [0.5, 0.6) is 0 Å². The Labute approximate surface area is 122 Å². The first kappa shape index (κ1) is 14.8. The molecule has 2 N–H and O–H groups in total. The van der Waals surface area contributed by atoms with Crippen LogP contribution < -0.4 is 5.32 Å². The van der Waals surface area contributed by atoms with E-state index in [9.17, 15) is 4.79 Å². The number of pyridine rings is 1. The van der Waals surface area contributed by atoms with E-state index in [1.54, 1.807) is 18.3 Å². The topological polar surface area (TPSA) is 88.2 Å². The first-order valence-corrected chi connectivity index (χ1v) is 6.44. The Balaban J connectivity index is 1.99. The maximum absolute atomic E-state index is 12.0. The molecule has 0 radical (unpaired) electrons. The number of nitrogens with zero attached hydrogens (tertiary/aromatic N) is 2. The van der Waals surface area contributed by atoms with Gasteiger partial charge < -0.3 is 14.9 Å². The fraction of sp³-hybridized carbons (Fsp3) is 0.267. The monoisotopic (exact) mass is 285 g/mol. The van der Waals surface area contributed by atoms with Crippen LogP contribution in [0, 0.1) is 18.8 Å². The van der Waals surface area contributed by atoms with E-state index in [-0.39, 0.29) is 19.1 Å². The fourth-order valence-corrected chi connectivity index (χ4v) is 1.62. The summed E-state index contributed by atoms with van der Waals surface area (Å²) < 4.78 is 5.01. The minimum Gasteiger partial charge on any atom is -0.395 e. The summed E-state index contributed by atoms with van der Waals surface area (Å²) in [6, 6.07) is 3.41. The molecule has 0 fully saturated rings. The van der Waals surface area contributed by atoms with Crippen molar-refractivity contribution in [2.24, 2.45) is 0 Å². The predicted molar refractivity (Wildman–Crippen MR) is 75.2 cm³/mol. The molecule has 0 aliphatic carbocycles. The van der Waals surface area contributed by atoms with E-state index < -0.39 is 0 Å². The number of carbonyl (C=O) groups is 1. The van der Waals surface area contributed by atoms with Crippen molar-refractivity contribution in [3.63, 3.8) is 0 Å². The van der Waals surface area contributed by atoms with Crippen LogP contribution in [0.25, 0.3) is 0 Å². The van der Waals surface area contributed by atoms with Crippen molar-refractivity contribution in [3.8, 4) is 11.8 Å². The van der Waals surface area contributed by atoms with Crippen LogP contribution >= 0.6 is 0 Å². The van der Waals surface area contributed by atoms with Crippen LogP contribution in [-0.4, -0.2) is 27.8 Å². The van der Waals surface area contributed by atoms with Crippen molar-refractivity contribution in [1.82, 2.24) is 15.5 Å². The third-order valence-corrected chi connectivity index (χ3v) is 2.57. The molecule has 0 aromatic carbocycles. The van der Waals surface area contributed by atoms with E-state index >= 15 is 0 Å². The molecule has 0 aliphatic heterocycles. The summed E-state index contributed by atoms with van der Waals surface area (Å²) in [5.74, 6) is 5.95. The van der Waals surface area contributed by atoms with Crippen molar-refractivity contribution < 1.29 is 14.4 Å². The molecule has 0 saturated carbocycles. The summed E-state index contributed by atoms with van der Waals surface area (Å²) >= 11 is 0. The van der Waals surface area contributed by atoms with Crippen molar-refractivity contribution >= 4 is 5.91 Å². The summed E-state index contributed by atoms with van der Waals surface area (Å²) in [5.41, 5.74) is 1.82. The van der Waals surface area contributed by atoms with Crippen molar-refractivity contribution in [2.75, 3.05) is 6.61 Å². The van der Waals surface area contributed by atoms with E-state index in [0.717, 1.165) is 5.69 Å². The van der Waals surface area contributed by atoms with Gasteiger partial charge in [0.05, 0.1) is 24.4 Å². The lowest BCUT2D eigenvalue weighted by molar-refractivity contribution is 0.0946. The number of aromatic nitrogens is 2. The summed E-state index contributed by atoms with van der Waals surface area (Å²) in [4.78, 5) is 16.0. The number of carbonyl (C=O) groups excluding carboxylic acids is 1. The average molecular weight is 285 g/mol. The van der Waals surface area contributed by atoms with Gasteiger partial charge in [0.25, 0.3) is 5.91 Å². The minimum absolute atomic E-state index is 0.0111. The smallest absolute Gasteiger partial charge is 0.253 e. The highest BCUT2D eigenvalue weighted by molar-refractivity contribution is 5.94. The van der Waals surface area contributed by atoms with Crippen molar-refractivity contribution in [3.05, 3.63) is 47.1 Å². The standard InChI is InChI=1S/C15H15N3O3/c1-11-6-14(21-18-11)10-17-15(20)13-7-12(8-16-9-13)4-2-3-5-19/h6-9,19H,3,5,10H2,1H3,(H,17,20). The highest BCUT2D eigenvalue weighted by atomic mass is 16.5. The van der Waals surface area contributed by atoms with Crippen LogP contribution in [0.15, 0.2) is 29.0 Å². The second-order valence-electron chi connectivity index (χ2n) is 4.35. The summed E-state index contributed by atoms with van der Waals surface area (Å²) in [6.07, 6.45) is 3.43. The molecule has 6 nitrogen and oxygen atoms in total. The summed E-state index contributed by atoms with van der Waals surface area (Å²) in [7, 11) is 0. The molecule has 108 valence electrons. The summed E-state index contributed by atoms with van der Waals surface area (Å²) in [6.45, 7) is 2.09. The number of aliphatic hydroxyl groups is 1. The van der Waals surface area contributed by atoms with Gasteiger partial charge >= 0.3 is 0 Å². The van der Waals surface area contributed by atoms with Gasteiger partial charge in [0.15, 0.2) is 5.76 Å². The Morgan fingerprint density at radius 2 is 2.29 bits per heavy atom. The molecule has 2 heterocycles. The van der Waals surface area contributed by atoms with Gasteiger partial charge in [-0.25, -0.2) is 0 Å². The molecule has 0 bridgehead atoms. The van der Waals surface area contributed by atoms with Gasteiger partial charge in [-0.05, 0) is 13.0 Å². The van der Waals surface area contributed by atoms with E-state index in [0.29, 0.717) is 23.3 Å². The lowest BCUT2D eigenvalue weighted by Gasteiger charge is -2.02. The Hall–Kier alpha value is -2.65. The van der Waals surface area contributed by atoms with Gasteiger partial charge in [-0.2, -0.15) is 0 Å². The largest absolute Gasteiger partial charge is 0.395 e. The van der Waals surface area contributed by atoms with Gasteiger partial charge in [-0.3, -0.25) is 9.78 Å². The lowest BCUT2D eigenvalue weighted by Crippen LogP contribution is -2.22. The maximum Gasteiger partial charge on any atom is 0.253 e. The quantitative estimate of drug-likeness (QED) is 0.819. The fourth-order valence-electron chi connectivity index (χ4n) is 1.62. The van der Waals surface area contributed by atoms with Gasteiger partial charge in [-0.15, -0.1) is 0 Å². The predicted octanol–water partition coefficient (Wildman–Crippen LogP) is 1.04. The number of aliphatic hydroxyl groups excluding tert-OH is 1. The molecule has 0 saturated heterocycles. The number of amides is 1. The van der Waals surface area contributed by atoms with E-state index in [1.807, 2.05) is 6.92 Å². The summed E-state index contributed by atoms with van der Waals surface area (Å²) in [5, 5.41) is 15.1. The number of hydrogen-bond donors (Lipinski definition) is 2. The van der Waals surface area contributed by atoms with Crippen molar-refractivity contribution in [2.45, 2.75) is 19.9 Å². The molecular weight excluding hydrogens is 270 g/mol. The third-order valence-electron chi connectivity index (χ3n) is 2.57. The van der Waals surface area contributed by atoms with Crippen LogP contribution in [0.2, 0.25) is 0 Å². The number of nitrogens with one attached hydrogen (secondary N) is 1. The molecule has 0 spiro atoms. The first-order valence-electron chi connectivity index (χ1n) is 6.44. The zero-order valence-corrected chi connectivity index (χ0v) is 11.6. The van der Waals surface area contributed by atoms with Gasteiger partial charge in [0.1, 0.15) is 0 Å². The molecule has 0 unspecified atom stereocenters. The van der Waals surface area contributed by atoms with E-state index in [1.165, 1.54) is 6.20 Å². The molecule has 6 heteroatoms. The minimum atomic E-state index is -0.262. The number of hydrogen-bond acceptors (Lipinski definition) is 5. The van der Waals surface area contributed by atoms with Gasteiger partial charge in [-0.1, -0.05) is 17.0 Å². The molecule has 2 rings (SSSR count).